The second-order valence-corrected chi connectivity index (χ2v) is 12.0. The van der Waals surface area contributed by atoms with Gasteiger partial charge >= 0.3 is 12.1 Å². The molecule has 1 heterocycles. The predicted molar refractivity (Wildman–Crippen MR) is 188 cm³/mol. The molecule has 0 bridgehead atoms. The number of hydrogen-bond donors (Lipinski definition) is 4. The van der Waals surface area contributed by atoms with E-state index in [1.165, 1.54) is 17.7 Å². The number of aromatic carboxylic acids is 1. The van der Waals surface area contributed by atoms with Gasteiger partial charge in [-0.3, -0.25) is 5.43 Å². The number of para-hydroxylation sites is 1. The topological polar surface area (TPSA) is 95.0 Å². The third-order valence-electron chi connectivity index (χ3n) is 8.50. The van der Waals surface area contributed by atoms with E-state index in [0.29, 0.717) is 18.0 Å². The molecule has 0 saturated heterocycles. The summed E-state index contributed by atoms with van der Waals surface area (Å²) in [6, 6.07) is 35.8. The number of ether oxygens (including phenoxy) is 1. The van der Waals surface area contributed by atoms with Crippen LogP contribution in [0.25, 0.3) is 17.2 Å². The number of amidine groups is 1. The SMILES string of the molecule is O=C(O)c1ccc(CCC(/C=C/c2ccccc2OCc2ccc(-c3ccc(C(F)(F)F)cc3)cc2)Cc2ccc(C3=NNNN3)cc2)cc1. The first-order valence-corrected chi connectivity index (χ1v) is 16.1. The first kappa shape index (κ1) is 34.0. The number of hydrogen-bond acceptors (Lipinski definition) is 6. The second kappa shape index (κ2) is 15.6. The standard InChI is InChI=1S/C40H35F3N4O3/c41-40(42,43)36-23-21-32(22-24-36)31-14-12-30(13-15-31)26-50-37-4-2-1-3-33(37)16-9-28(6-5-27-7-19-35(20-8-27)39(48)49)25-29-10-17-34(18-11-29)38-44-46-47-45-38/h1-4,7-24,28,46-47H,5-6,25-26H2,(H,44,45)(H,48,49)/b16-9+. The minimum Gasteiger partial charge on any atom is -0.488 e. The van der Waals surface area contributed by atoms with Gasteiger partial charge in [0.1, 0.15) is 12.4 Å². The number of nitrogens with one attached hydrogen (secondary N) is 3. The Labute approximate surface area is 288 Å². The molecule has 6 rings (SSSR count). The number of halogens is 3. The normalized spacial score (nSPS) is 13.4. The average Bonchev–Trinajstić information content (AvgIpc) is 3.68. The van der Waals surface area contributed by atoms with Crippen molar-refractivity contribution < 1.29 is 27.8 Å². The van der Waals surface area contributed by atoms with Crippen molar-refractivity contribution in [2.45, 2.75) is 32.0 Å². The van der Waals surface area contributed by atoms with Crippen molar-refractivity contribution in [3.8, 4) is 16.9 Å². The summed E-state index contributed by atoms with van der Waals surface area (Å²) in [6.07, 6.45) is 2.36. The fourth-order valence-corrected chi connectivity index (χ4v) is 5.67. The molecular formula is C40H35F3N4O3. The second-order valence-electron chi connectivity index (χ2n) is 12.0. The molecule has 1 atom stereocenters. The van der Waals surface area contributed by atoms with E-state index in [4.69, 9.17) is 4.74 Å². The quantitative estimate of drug-likeness (QED) is 0.100. The lowest BCUT2D eigenvalue weighted by Crippen LogP contribution is -2.35. The summed E-state index contributed by atoms with van der Waals surface area (Å²) in [5, 5.41) is 13.4. The molecular weight excluding hydrogens is 641 g/mol. The molecule has 5 aromatic carbocycles. The lowest BCUT2D eigenvalue weighted by molar-refractivity contribution is -0.137. The highest BCUT2D eigenvalue weighted by molar-refractivity contribution is 5.98. The van der Waals surface area contributed by atoms with Crippen LogP contribution in [0.4, 0.5) is 13.2 Å². The van der Waals surface area contributed by atoms with Gasteiger partial charge in [0, 0.05) is 11.1 Å². The molecule has 0 aliphatic carbocycles. The number of carboxylic acid groups (broad SMARTS) is 1. The van der Waals surface area contributed by atoms with Gasteiger partial charge in [-0.25, -0.2) is 10.3 Å². The van der Waals surface area contributed by atoms with E-state index in [1.807, 2.05) is 72.8 Å². The van der Waals surface area contributed by atoms with Gasteiger partial charge in [-0.05, 0) is 83.3 Å². The molecule has 0 fully saturated rings. The largest absolute Gasteiger partial charge is 0.488 e. The van der Waals surface area contributed by atoms with Crippen molar-refractivity contribution in [1.82, 2.24) is 16.5 Å². The Hall–Kier alpha value is -5.87. The molecule has 50 heavy (non-hydrogen) atoms. The van der Waals surface area contributed by atoms with Crippen LogP contribution in [0.1, 0.15) is 50.2 Å². The zero-order chi connectivity index (χ0) is 34.9. The summed E-state index contributed by atoms with van der Waals surface area (Å²) in [5.41, 5.74) is 14.6. The number of carbonyl (C=O) groups is 1. The third-order valence-corrected chi connectivity index (χ3v) is 8.50. The number of hydrazone groups is 1. The highest BCUT2D eigenvalue weighted by Gasteiger charge is 2.30. The monoisotopic (exact) mass is 676 g/mol. The van der Waals surface area contributed by atoms with Crippen LogP contribution >= 0.6 is 0 Å². The molecule has 0 saturated carbocycles. The van der Waals surface area contributed by atoms with E-state index in [9.17, 15) is 23.1 Å². The zero-order valence-electron chi connectivity index (χ0n) is 27.0. The molecule has 0 aromatic heterocycles. The van der Waals surface area contributed by atoms with Gasteiger partial charge in [0.05, 0.1) is 11.1 Å². The van der Waals surface area contributed by atoms with Crippen LogP contribution < -0.4 is 21.2 Å². The minimum absolute atomic E-state index is 0.177. The number of alkyl halides is 3. The first-order valence-electron chi connectivity index (χ1n) is 16.1. The van der Waals surface area contributed by atoms with Gasteiger partial charge in [-0.2, -0.15) is 13.2 Å². The Morgan fingerprint density at radius 3 is 2.04 bits per heavy atom. The Bertz CT molecular complexity index is 1960. The number of benzene rings is 5. The fraction of sp³-hybridized carbons (Fsp3) is 0.150. The molecule has 1 aliphatic heterocycles. The highest BCUT2D eigenvalue weighted by Crippen LogP contribution is 2.31. The van der Waals surface area contributed by atoms with Crippen LogP contribution in [0, 0.1) is 5.92 Å². The van der Waals surface area contributed by atoms with Crippen LogP contribution in [0.2, 0.25) is 0 Å². The van der Waals surface area contributed by atoms with Gasteiger partial charge in [-0.1, -0.05) is 103 Å². The molecule has 254 valence electrons. The highest BCUT2D eigenvalue weighted by atomic mass is 19.4. The molecule has 5 aromatic rings. The summed E-state index contributed by atoms with van der Waals surface area (Å²) in [4.78, 5) is 11.3. The number of hydrazine groups is 2. The zero-order valence-corrected chi connectivity index (χ0v) is 27.0. The average molecular weight is 677 g/mol. The molecule has 1 aliphatic rings. The molecule has 10 heteroatoms. The summed E-state index contributed by atoms with van der Waals surface area (Å²) in [7, 11) is 0. The molecule has 1 unspecified atom stereocenters. The van der Waals surface area contributed by atoms with Crippen molar-refractivity contribution in [2.24, 2.45) is 11.0 Å². The van der Waals surface area contributed by atoms with Crippen molar-refractivity contribution in [3.63, 3.8) is 0 Å². The Morgan fingerprint density at radius 1 is 0.780 bits per heavy atom. The van der Waals surface area contributed by atoms with Gasteiger partial charge in [0.15, 0.2) is 5.84 Å². The van der Waals surface area contributed by atoms with Crippen LogP contribution in [-0.4, -0.2) is 16.9 Å². The van der Waals surface area contributed by atoms with Crippen molar-refractivity contribution in [2.75, 3.05) is 0 Å². The van der Waals surface area contributed by atoms with E-state index in [-0.39, 0.29) is 11.5 Å². The van der Waals surface area contributed by atoms with Gasteiger partial charge < -0.3 is 9.84 Å². The van der Waals surface area contributed by atoms with Crippen molar-refractivity contribution in [1.29, 1.82) is 0 Å². The maximum atomic E-state index is 13.0. The Balaban J connectivity index is 1.13. The van der Waals surface area contributed by atoms with E-state index < -0.39 is 17.7 Å². The molecule has 0 spiro atoms. The van der Waals surface area contributed by atoms with Crippen molar-refractivity contribution in [3.05, 3.63) is 166 Å². The molecule has 7 nitrogen and oxygen atoms in total. The first-order chi connectivity index (χ1) is 24.2. The van der Waals surface area contributed by atoms with Gasteiger partial charge in [0.25, 0.3) is 0 Å². The van der Waals surface area contributed by atoms with Gasteiger partial charge in [-0.15, -0.1) is 10.6 Å². The predicted octanol–water partition coefficient (Wildman–Crippen LogP) is 8.43. The maximum Gasteiger partial charge on any atom is 0.416 e. The number of carboxylic acids is 1. The maximum absolute atomic E-state index is 13.0. The van der Waals surface area contributed by atoms with Crippen LogP contribution in [0.15, 0.2) is 133 Å². The van der Waals surface area contributed by atoms with Crippen molar-refractivity contribution >= 4 is 17.9 Å². The summed E-state index contributed by atoms with van der Waals surface area (Å²) in [5.74, 6) is 0.678. The minimum atomic E-state index is -4.37. The molecule has 0 radical (unpaired) electrons. The number of nitrogens with zero attached hydrogens (tertiary/aromatic N) is 1. The smallest absolute Gasteiger partial charge is 0.416 e. The summed E-state index contributed by atoms with van der Waals surface area (Å²) >= 11 is 0. The fourth-order valence-electron chi connectivity index (χ4n) is 5.67. The van der Waals surface area contributed by atoms with Crippen LogP contribution in [0.5, 0.6) is 5.75 Å². The van der Waals surface area contributed by atoms with Gasteiger partial charge in [0.2, 0.25) is 0 Å². The lowest BCUT2D eigenvalue weighted by atomic mass is 9.91. The van der Waals surface area contributed by atoms with E-state index in [2.05, 4.69) is 45.9 Å². The number of allylic oxidation sites excluding steroid dienone is 1. The van der Waals surface area contributed by atoms with E-state index in [1.54, 1.807) is 12.1 Å². The summed E-state index contributed by atoms with van der Waals surface area (Å²) in [6.45, 7) is 0.325. The van der Waals surface area contributed by atoms with E-state index in [0.717, 1.165) is 65.0 Å². The van der Waals surface area contributed by atoms with Crippen LogP contribution in [-0.2, 0) is 25.6 Å². The van der Waals surface area contributed by atoms with E-state index >= 15 is 0 Å². The Morgan fingerprint density at radius 2 is 1.40 bits per heavy atom. The molecule has 0 amide bonds. The molecule has 4 N–H and O–H groups in total. The number of aryl methyl sites for hydroxylation is 1. The Kier molecular flexibility index (Phi) is 10.6. The third kappa shape index (κ3) is 8.97. The number of rotatable bonds is 13. The lowest BCUT2D eigenvalue weighted by Gasteiger charge is -2.15. The van der Waals surface area contributed by atoms with Crippen LogP contribution in [0.3, 0.4) is 0 Å². The summed E-state index contributed by atoms with van der Waals surface area (Å²) < 4.78 is 45.1.